The summed E-state index contributed by atoms with van der Waals surface area (Å²) in [5.74, 6) is -3.13. The maximum Gasteiger partial charge on any atom is 0.311 e. The minimum atomic E-state index is -4.22. The highest BCUT2D eigenvalue weighted by atomic mass is 32.2. The summed E-state index contributed by atoms with van der Waals surface area (Å²) in [4.78, 5) is 26.9. The molecule has 3 aromatic rings. The van der Waals surface area contributed by atoms with E-state index in [-0.39, 0.29) is 18.0 Å². The third kappa shape index (κ3) is 5.42. The summed E-state index contributed by atoms with van der Waals surface area (Å²) in [7, 11) is -4.22. The molecule has 4 atom stereocenters. The zero-order valence-corrected chi connectivity index (χ0v) is 21.4. The number of hydrogen-bond acceptors (Lipinski definition) is 5. The quantitative estimate of drug-likeness (QED) is 0.449. The van der Waals surface area contributed by atoms with Crippen LogP contribution < -0.4 is 5.32 Å². The van der Waals surface area contributed by atoms with Crippen molar-refractivity contribution in [3.8, 4) is 0 Å². The van der Waals surface area contributed by atoms with Crippen LogP contribution in [0.4, 0.5) is 4.39 Å². The predicted molar refractivity (Wildman–Crippen MR) is 136 cm³/mol. The molecule has 0 aromatic heterocycles. The Morgan fingerprint density at radius 3 is 2.14 bits per heavy atom. The van der Waals surface area contributed by atoms with Gasteiger partial charge in [0.1, 0.15) is 11.9 Å². The lowest BCUT2D eigenvalue weighted by molar-refractivity contribution is -0.150. The number of amides is 1. The van der Waals surface area contributed by atoms with Crippen molar-refractivity contribution in [3.63, 3.8) is 0 Å². The van der Waals surface area contributed by atoms with Gasteiger partial charge in [-0.25, -0.2) is 12.8 Å². The Morgan fingerprint density at radius 1 is 0.946 bits per heavy atom. The molecule has 1 fully saturated rings. The zero-order valence-electron chi connectivity index (χ0n) is 20.6. The second-order valence-electron chi connectivity index (χ2n) is 8.93. The van der Waals surface area contributed by atoms with Crippen LogP contribution in [0.15, 0.2) is 89.8 Å². The number of esters is 1. The number of carbonyl (C=O) groups is 2. The van der Waals surface area contributed by atoms with Gasteiger partial charge < -0.3 is 10.1 Å². The van der Waals surface area contributed by atoms with Gasteiger partial charge in [-0.1, -0.05) is 67.6 Å². The Balaban J connectivity index is 1.80. The number of benzene rings is 3. The van der Waals surface area contributed by atoms with E-state index < -0.39 is 51.6 Å². The summed E-state index contributed by atoms with van der Waals surface area (Å²) in [5, 5.41) is 2.79. The predicted octanol–water partition coefficient (Wildman–Crippen LogP) is 4.07. The summed E-state index contributed by atoms with van der Waals surface area (Å²) >= 11 is 0. The molecule has 1 aliphatic rings. The van der Waals surface area contributed by atoms with Gasteiger partial charge in [0.2, 0.25) is 15.9 Å². The Kier molecular flexibility index (Phi) is 8.04. The first-order chi connectivity index (χ1) is 17.8. The number of halogens is 1. The van der Waals surface area contributed by atoms with E-state index in [0.29, 0.717) is 11.1 Å². The Hall–Kier alpha value is -3.56. The fraction of sp³-hybridized carbons (Fsp3) is 0.286. The van der Waals surface area contributed by atoms with Gasteiger partial charge in [-0.3, -0.25) is 9.59 Å². The van der Waals surface area contributed by atoms with Gasteiger partial charge in [0.05, 0.1) is 23.5 Å². The van der Waals surface area contributed by atoms with Crippen molar-refractivity contribution in [3.05, 3.63) is 102 Å². The SMILES string of the molecule is CCOC(=O)C1C(C)C(C(=O)NCc2ccc(F)cc2)N(S(=O)(=O)c2ccccc2)C1c1ccccc1. The van der Waals surface area contributed by atoms with Gasteiger partial charge in [0, 0.05) is 6.54 Å². The maximum atomic E-state index is 14.1. The Bertz CT molecular complexity index is 1330. The van der Waals surface area contributed by atoms with E-state index in [1.54, 1.807) is 74.5 Å². The Morgan fingerprint density at radius 2 is 1.54 bits per heavy atom. The summed E-state index contributed by atoms with van der Waals surface area (Å²) in [6, 6.07) is 20.2. The van der Waals surface area contributed by atoms with Crippen LogP contribution in [0.25, 0.3) is 0 Å². The van der Waals surface area contributed by atoms with Crippen molar-refractivity contribution >= 4 is 21.9 Å². The van der Waals surface area contributed by atoms with Gasteiger partial charge in [-0.15, -0.1) is 0 Å². The minimum Gasteiger partial charge on any atom is -0.466 e. The molecule has 0 aliphatic carbocycles. The van der Waals surface area contributed by atoms with Crippen molar-refractivity contribution in [1.29, 1.82) is 0 Å². The number of sulfonamides is 1. The number of carbonyl (C=O) groups excluding carboxylic acids is 2. The van der Waals surface area contributed by atoms with Gasteiger partial charge in [-0.05, 0) is 48.2 Å². The van der Waals surface area contributed by atoms with Gasteiger partial charge >= 0.3 is 5.97 Å². The summed E-state index contributed by atoms with van der Waals surface area (Å²) < 4.78 is 48.0. The normalized spacial score (nSPS) is 21.9. The third-order valence-corrected chi connectivity index (χ3v) is 8.50. The molecule has 1 saturated heterocycles. The highest BCUT2D eigenvalue weighted by Gasteiger charge is 2.58. The smallest absolute Gasteiger partial charge is 0.311 e. The zero-order chi connectivity index (χ0) is 26.6. The maximum absolute atomic E-state index is 14.1. The van der Waals surface area contributed by atoms with Gasteiger partial charge in [0.25, 0.3) is 0 Å². The molecular formula is C28H29FN2O5S. The van der Waals surface area contributed by atoms with Crippen LogP contribution in [0.2, 0.25) is 0 Å². The van der Waals surface area contributed by atoms with E-state index in [9.17, 15) is 22.4 Å². The average Bonchev–Trinajstić information content (AvgIpc) is 3.23. The van der Waals surface area contributed by atoms with Gasteiger partial charge in [0.15, 0.2) is 0 Å². The second-order valence-corrected chi connectivity index (χ2v) is 10.8. The topological polar surface area (TPSA) is 92.8 Å². The summed E-state index contributed by atoms with van der Waals surface area (Å²) in [6.07, 6.45) is 0. The van der Waals surface area contributed by atoms with Crippen LogP contribution in [0, 0.1) is 17.7 Å². The molecule has 0 radical (unpaired) electrons. The number of nitrogens with one attached hydrogen (secondary N) is 1. The first-order valence-electron chi connectivity index (χ1n) is 12.1. The fourth-order valence-electron chi connectivity index (χ4n) is 4.90. The fourth-order valence-corrected chi connectivity index (χ4v) is 6.78. The van der Waals surface area contributed by atoms with E-state index >= 15 is 0 Å². The van der Waals surface area contributed by atoms with Crippen molar-refractivity contribution in [2.45, 2.75) is 37.4 Å². The molecule has 1 heterocycles. The van der Waals surface area contributed by atoms with Gasteiger partial charge in [-0.2, -0.15) is 4.31 Å². The van der Waals surface area contributed by atoms with E-state index in [0.717, 1.165) is 4.31 Å². The number of hydrogen-bond donors (Lipinski definition) is 1. The van der Waals surface area contributed by atoms with Crippen LogP contribution >= 0.6 is 0 Å². The monoisotopic (exact) mass is 524 g/mol. The lowest BCUT2D eigenvalue weighted by Gasteiger charge is -2.30. The molecule has 1 aliphatic heterocycles. The van der Waals surface area contributed by atoms with Crippen LogP contribution in [-0.4, -0.2) is 37.2 Å². The third-order valence-electron chi connectivity index (χ3n) is 6.62. The van der Waals surface area contributed by atoms with Crippen molar-refractivity contribution in [2.75, 3.05) is 6.61 Å². The largest absolute Gasteiger partial charge is 0.466 e. The molecule has 1 amide bonds. The van der Waals surface area contributed by atoms with Crippen molar-refractivity contribution < 1.29 is 27.1 Å². The molecule has 4 unspecified atom stereocenters. The lowest BCUT2D eigenvalue weighted by atomic mass is 9.85. The van der Waals surface area contributed by atoms with E-state index in [1.807, 2.05) is 0 Å². The molecule has 7 nitrogen and oxygen atoms in total. The molecule has 1 N–H and O–H groups in total. The molecule has 37 heavy (non-hydrogen) atoms. The molecule has 9 heteroatoms. The number of rotatable bonds is 8. The second kappa shape index (κ2) is 11.2. The molecular weight excluding hydrogens is 495 g/mol. The van der Waals surface area contributed by atoms with Crippen LogP contribution in [0.1, 0.15) is 31.0 Å². The van der Waals surface area contributed by atoms with Crippen molar-refractivity contribution in [2.24, 2.45) is 11.8 Å². The molecule has 0 spiro atoms. The first-order valence-corrected chi connectivity index (χ1v) is 13.5. The first kappa shape index (κ1) is 26.5. The van der Waals surface area contributed by atoms with Crippen LogP contribution in [0.3, 0.4) is 0 Å². The molecule has 3 aromatic carbocycles. The van der Waals surface area contributed by atoms with Crippen molar-refractivity contribution in [1.82, 2.24) is 9.62 Å². The van der Waals surface area contributed by atoms with E-state index in [1.165, 1.54) is 24.3 Å². The molecule has 4 rings (SSSR count). The highest BCUT2D eigenvalue weighted by molar-refractivity contribution is 7.89. The molecule has 194 valence electrons. The number of nitrogens with zero attached hydrogens (tertiary/aromatic N) is 1. The van der Waals surface area contributed by atoms with E-state index in [4.69, 9.17) is 4.74 Å². The number of ether oxygens (including phenoxy) is 1. The van der Waals surface area contributed by atoms with Crippen LogP contribution in [0.5, 0.6) is 0 Å². The molecule has 0 bridgehead atoms. The minimum absolute atomic E-state index is 0.0176. The summed E-state index contributed by atoms with van der Waals surface area (Å²) in [6.45, 7) is 3.57. The highest BCUT2D eigenvalue weighted by Crippen LogP contribution is 2.48. The Labute approximate surface area is 216 Å². The van der Waals surface area contributed by atoms with E-state index in [2.05, 4.69) is 5.32 Å². The standard InChI is InChI=1S/C28H29FN2O5S/c1-3-36-28(33)24-19(2)25(27(32)30-18-20-14-16-22(29)17-15-20)31(26(24)21-10-6-4-7-11-21)37(34,35)23-12-8-5-9-13-23/h4-17,19,24-26H,3,18H2,1-2H3,(H,30,32). The molecule has 0 saturated carbocycles. The lowest BCUT2D eigenvalue weighted by Crippen LogP contribution is -2.48. The summed E-state index contributed by atoms with van der Waals surface area (Å²) in [5.41, 5.74) is 1.24. The average molecular weight is 525 g/mol. The van der Waals surface area contributed by atoms with Crippen LogP contribution in [-0.2, 0) is 30.9 Å².